The smallest absolute Gasteiger partial charge is 0.122 e. The highest BCUT2D eigenvalue weighted by atomic mass is 14.7. The molecule has 0 atom stereocenters. The van der Waals surface area contributed by atoms with Gasteiger partial charge in [0.05, 0.1) is 5.41 Å². The SMILES string of the molecule is CC1(C)c2ccccc2C2(c3ccc(-c4cc(-c5ccccc5)cc(-c5ccccc5)c4)cc3-c3c(CN)cccc32)c2ccccc21.Cc1ccccc1.N=C(N)c1ccc(-c2ccccc2)cc1. The number of nitrogens with one attached hydrogen (secondary N) is 1. The van der Waals surface area contributed by atoms with Crippen LogP contribution in [0.3, 0.4) is 0 Å². The molecule has 0 saturated heterocycles. The third-order valence-corrected chi connectivity index (χ3v) is 14.2. The van der Waals surface area contributed by atoms with Crippen molar-refractivity contribution in [3.05, 3.63) is 299 Å². The van der Waals surface area contributed by atoms with Gasteiger partial charge in [-0.25, -0.2) is 0 Å². The predicted molar refractivity (Wildman–Crippen MR) is 294 cm³/mol. The number of aryl methyl sites for hydroxylation is 1. The van der Waals surface area contributed by atoms with Crippen LogP contribution in [0.25, 0.3) is 55.6 Å². The van der Waals surface area contributed by atoms with Crippen molar-refractivity contribution in [3.8, 4) is 55.6 Å². The van der Waals surface area contributed by atoms with Gasteiger partial charge < -0.3 is 11.5 Å². The van der Waals surface area contributed by atoms with Crippen LogP contribution in [0.1, 0.15) is 63.9 Å². The maximum Gasteiger partial charge on any atom is 0.122 e. The fourth-order valence-corrected chi connectivity index (χ4v) is 10.8. The van der Waals surface area contributed by atoms with Crippen molar-refractivity contribution < 1.29 is 0 Å². The van der Waals surface area contributed by atoms with E-state index in [1.54, 1.807) is 0 Å². The zero-order valence-corrected chi connectivity index (χ0v) is 40.0. The Balaban J connectivity index is 0.000000212. The number of hydrogen-bond acceptors (Lipinski definition) is 2. The van der Waals surface area contributed by atoms with Crippen LogP contribution in [-0.4, -0.2) is 5.84 Å². The summed E-state index contributed by atoms with van der Waals surface area (Å²) in [5.74, 6) is 0.106. The highest BCUT2D eigenvalue weighted by molar-refractivity contribution is 5.95. The van der Waals surface area contributed by atoms with Crippen molar-refractivity contribution in [3.63, 3.8) is 0 Å². The molecule has 0 fully saturated rings. The Hall–Kier alpha value is -8.37. The number of rotatable bonds is 6. The molecule has 2 aliphatic rings. The predicted octanol–water partition coefficient (Wildman–Crippen LogP) is 15.8. The zero-order chi connectivity index (χ0) is 48.2. The second-order valence-electron chi connectivity index (χ2n) is 18.8. The van der Waals surface area contributed by atoms with Crippen LogP contribution in [-0.2, 0) is 17.4 Å². The lowest BCUT2D eigenvalue weighted by molar-refractivity contribution is 0.563. The van der Waals surface area contributed by atoms with Gasteiger partial charge >= 0.3 is 0 Å². The molecule has 3 nitrogen and oxygen atoms in total. The van der Waals surface area contributed by atoms with Crippen molar-refractivity contribution >= 4 is 5.84 Å². The van der Waals surface area contributed by atoms with Crippen molar-refractivity contribution in [2.24, 2.45) is 11.5 Å². The van der Waals surface area contributed by atoms with Gasteiger partial charge in [-0.2, -0.15) is 0 Å². The Morgan fingerprint density at radius 3 is 1.24 bits per heavy atom. The van der Waals surface area contributed by atoms with Crippen LogP contribution in [0, 0.1) is 12.3 Å². The quantitative estimate of drug-likeness (QED) is 0.115. The van der Waals surface area contributed by atoms with Gasteiger partial charge in [0.2, 0.25) is 0 Å². The molecular formula is C67H57N3. The number of hydrogen-bond donors (Lipinski definition) is 3. The summed E-state index contributed by atoms with van der Waals surface area (Å²) in [6, 6.07) is 88.7. The molecule has 0 aromatic heterocycles. The minimum atomic E-state index is -0.432. The zero-order valence-electron chi connectivity index (χ0n) is 40.0. The molecule has 0 amide bonds. The number of fused-ring (bicyclic) bond motifs is 9. The van der Waals surface area contributed by atoms with Crippen molar-refractivity contribution in [2.45, 2.75) is 38.1 Å². The molecule has 12 rings (SSSR count). The second-order valence-corrected chi connectivity index (χ2v) is 18.8. The van der Waals surface area contributed by atoms with E-state index < -0.39 is 5.41 Å². The first kappa shape index (κ1) is 45.4. The van der Waals surface area contributed by atoms with Crippen LogP contribution in [0.2, 0.25) is 0 Å². The molecule has 340 valence electrons. The maximum atomic E-state index is 7.29. The van der Waals surface area contributed by atoms with Gasteiger partial charge in [0, 0.05) is 17.5 Å². The van der Waals surface area contributed by atoms with Crippen molar-refractivity contribution in [1.29, 1.82) is 5.41 Å². The molecule has 0 aliphatic heterocycles. The maximum absolute atomic E-state index is 7.29. The summed E-state index contributed by atoms with van der Waals surface area (Å²) in [6.07, 6.45) is 0. The Morgan fingerprint density at radius 2 is 0.786 bits per heavy atom. The number of amidine groups is 1. The van der Waals surface area contributed by atoms with E-state index in [2.05, 4.69) is 209 Å². The Bertz CT molecular complexity index is 3340. The third-order valence-electron chi connectivity index (χ3n) is 14.2. The Kier molecular flexibility index (Phi) is 12.5. The van der Waals surface area contributed by atoms with E-state index in [1.165, 1.54) is 94.6 Å². The first-order valence-corrected chi connectivity index (χ1v) is 24.1. The molecule has 0 saturated carbocycles. The highest BCUT2D eigenvalue weighted by Crippen LogP contribution is 2.63. The fourth-order valence-electron chi connectivity index (χ4n) is 10.8. The summed E-state index contributed by atoms with van der Waals surface area (Å²) in [5, 5.41) is 7.29. The van der Waals surface area contributed by atoms with E-state index in [0.29, 0.717) is 6.54 Å². The topological polar surface area (TPSA) is 75.9 Å². The van der Waals surface area contributed by atoms with Gasteiger partial charge in [0.25, 0.3) is 0 Å². The molecule has 0 heterocycles. The summed E-state index contributed by atoms with van der Waals surface area (Å²) in [4.78, 5) is 0. The lowest BCUT2D eigenvalue weighted by atomic mass is 9.55. The van der Waals surface area contributed by atoms with Gasteiger partial charge in [-0.15, -0.1) is 0 Å². The summed E-state index contributed by atoms with van der Waals surface area (Å²) < 4.78 is 0. The standard InChI is InChI=1S/C47H37N.C13H12N2.C7H8/c1-46(2)40-19-9-11-21-42(40)47(43-22-12-10-20-41(43)46)39-25-24-33(29-38(39)45-34(30-48)18-13-23-44(45)47)37-27-35(31-14-5-3-6-15-31)26-36(28-37)32-16-7-4-8-17-32;14-13(15)12-8-6-11(7-9-12)10-4-2-1-3-5-10;1-7-5-3-2-4-6-7/h3-29H,30,48H2,1-2H3;1-9H,(H3,14,15);2-6H,1H3. The van der Waals surface area contributed by atoms with E-state index in [-0.39, 0.29) is 11.3 Å². The minimum Gasteiger partial charge on any atom is -0.384 e. The Morgan fingerprint density at radius 1 is 0.386 bits per heavy atom. The molecule has 2 aliphatic carbocycles. The van der Waals surface area contributed by atoms with Crippen molar-refractivity contribution in [2.75, 3.05) is 0 Å². The molecule has 10 aromatic rings. The van der Waals surface area contributed by atoms with E-state index in [0.717, 1.165) is 11.1 Å². The second kappa shape index (κ2) is 19.3. The van der Waals surface area contributed by atoms with Crippen LogP contribution in [0.5, 0.6) is 0 Å². The molecule has 0 radical (unpaired) electrons. The summed E-state index contributed by atoms with van der Waals surface area (Å²) in [6.45, 7) is 7.31. The monoisotopic (exact) mass is 903 g/mol. The number of nitrogens with two attached hydrogens (primary N) is 2. The molecule has 3 heteroatoms. The van der Waals surface area contributed by atoms with E-state index in [9.17, 15) is 0 Å². The summed E-state index contributed by atoms with van der Waals surface area (Å²) in [7, 11) is 0. The van der Waals surface area contributed by atoms with Gasteiger partial charge in [0.1, 0.15) is 5.84 Å². The van der Waals surface area contributed by atoms with Crippen molar-refractivity contribution in [1.82, 2.24) is 0 Å². The third kappa shape index (κ3) is 8.36. The first-order chi connectivity index (χ1) is 34.2. The van der Waals surface area contributed by atoms with Gasteiger partial charge in [-0.3, -0.25) is 5.41 Å². The largest absolute Gasteiger partial charge is 0.384 e. The molecule has 1 spiro atoms. The van der Waals surface area contributed by atoms with Gasteiger partial charge in [-0.1, -0.05) is 244 Å². The van der Waals surface area contributed by atoms with Crippen LogP contribution in [0.4, 0.5) is 0 Å². The molecular weight excluding hydrogens is 847 g/mol. The highest BCUT2D eigenvalue weighted by Gasteiger charge is 2.53. The normalized spacial score (nSPS) is 13.0. The summed E-state index contributed by atoms with van der Waals surface area (Å²) >= 11 is 0. The average Bonchev–Trinajstić information content (AvgIpc) is 3.72. The van der Waals surface area contributed by atoms with Crippen LogP contribution >= 0.6 is 0 Å². The van der Waals surface area contributed by atoms with E-state index >= 15 is 0 Å². The summed E-state index contributed by atoms with van der Waals surface area (Å²) in [5.41, 5.74) is 34.9. The molecule has 10 aromatic carbocycles. The average molecular weight is 904 g/mol. The fraction of sp³-hybridized carbons (Fsp3) is 0.0896. The van der Waals surface area contributed by atoms with Gasteiger partial charge in [0.15, 0.2) is 0 Å². The molecule has 5 N–H and O–H groups in total. The number of benzene rings is 10. The molecule has 0 bridgehead atoms. The lowest BCUT2D eigenvalue weighted by Gasteiger charge is -2.46. The molecule has 0 unspecified atom stereocenters. The number of nitrogen functional groups attached to an aromatic ring is 1. The van der Waals surface area contributed by atoms with Crippen LogP contribution < -0.4 is 11.5 Å². The molecule has 70 heavy (non-hydrogen) atoms. The van der Waals surface area contributed by atoms with Gasteiger partial charge in [-0.05, 0) is 126 Å². The lowest BCUT2D eigenvalue weighted by Crippen LogP contribution is -2.40. The Labute approximate surface area is 413 Å². The van der Waals surface area contributed by atoms with E-state index in [4.69, 9.17) is 16.9 Å². The first-order valence-electron chi connectivity index (χ1n) is 24.1. The minimum absolute atomic E-state index is 0.106. The van der Waals surface area contributed by atoms with Crippen LogP contribution in [0.15, 0.2) is 249 Å². The van der Waals surface area contributed by atoms with E-state index in [1.807, 2.05) is 60.7 Å².